The zero-order chi connectivity index (χ0) is 17.0. The van der Waals surface area contributed by atoms with Crippen molar-refractivity contribution < 1.29 is 9.21 Å². The molecule has 1 aliphatic rings. The maximum Gasteiger partial charge on any atom is 0.254 e. The van der Waals surface area contributed by atoms with Crippen LogP contribution in [0.2, 0.25) is 0 Å². The summed E-state index contributed by atoms with van der Waals surface area (Å²) in [7, 11) is 0. The number of furan rings is 1. The first kappa shape index (κ1) is 19.9. The van der Waals surface area contributed by atoms with Crippen molar-refractivity contribution in [3.05, 3.63) is 53.5 Å². The first-order chi connectivity index (χ1) is 11.6. The number of hydrogen-bond donors (Lipinski definition) is 2. The summed E-state index contributed by atoms with van der Waals surface area (Å²) in [6, 6.07) is 10.3. The molecule has 4 nitrogen and oxygen atoms in total. The summed E-state index contributed by atoms with van der Waals surface area (Å²) in [6.45, 7) is 3.08. The van der Waals surface area contributed by atoms with E-state index in [1.165, 1.54) is 29.6 Å². The molecule has 0 aliphatic heterocycles. The number of aryl methyl sites for hydroxylation is 1. The van der Waals surface area contributed by atoms with Crippen LogP contribution in [0, 0.1) is 6.92 Å². The molecule has 1 aromatic carbocycles. The SMILES string of the molecule is Cc1ccc(SC2(CNC(=O)c3coc(CN)c3)CCCC2)cc1.Cl. The van der Waals surface area contributed by atoms with E-state index in [0.29, 0.717) is 24.4 Å². The van der Waals surface area contributed by atoms with Gasteiger partial charge in [-0.3, -0.25) is 4.79 Å². The molecule has 1 saturated carbocycles. The molecule has 0 bridgehead atoms. The molecule has 0 saturated heterocycles. The van der Waals surface area contributed by atoms with Crippen molar-refractivity contribution in [2.45, 2.75) is 48.8 Å². The Hall–Kier alpha value is -1.43. The number of carbonyl (C=O) groups excluding carboxylic acids is 1. The van der Waals surface area contributed by atoms with Crippen molar-refractivity contribution >= 4 is 30.1 Å². The number of halogens is 1. The Morgan fingerprint density at radius 1 is 1.28 bits per heavy atom. The molecule has 3 rings (SSSR count). The third-order valence-electron chi connectivity index (χ3n) is 4.56. The van der Waals surface area contributed by atoms with Gasteiger partial charge in [0.05, 0.1) is 12.1 Å². The maximum atomic E-state index is 12.3. The van der Waals surface area contributed by atoms with E-state index in [9.17, 15) is 4.79 Å². The molecule has 0 radical (unpaired) electrons. The lowest BCUT2D eigenvalue weighted by atomic mass is 10.1. The van der Waals surface area contributed by atoms with Crippen LogP contribution < -0.4 is 11.1 Å². The average molecular weight is 381 g/mol. The van der Waals surface area contributed by atoms with Crippen molar-refractivity contribution in [3.63, 3.8) is 0 Å². The summed E-state index contributed by atoms with van der Waals surface area (Å²) in [6.07, 6.45) is 6.18. The second kappa shape index (κ2) is 8.79. The molecule has 0 spiro atoms. The van der Waals surface area contributed by atoms with Gasteiger partial charge in [-0.25, -0.2) is 0 Å². The third kappa shape index (κ3) is 5.03. The predicted octanol–water partition coefficient (Wildman–Crippen LogP) is 4.30. The van der Waals surface area contributed by atoms with Gasteiger partial charge in [0.25, 0.3) is 5.91 Å². The van der Waals surface area contributed by atoms with Gasteiger partial charge < -0.3 is 15.5 Å². The van der Waals surface area contributed by atoms with Crippen LogP contribution in [0.5, 0.6) is 0 Å². The highest BCUT2D eigenvalue weighted by Crippen LogP contribution is 2.44. The van der Waals surface area contributed by atoms with Crippen molar-refractivity contribution in [2.75, 3.05) is 6.54 Å². The number of amides is 1. The zero-order valence-corrected chi connectivity index (χ0v) is 16.1. The first-order valence-electron chi connectivity index (χ1n) is 8.42. The first-order valence-corrected chi connectivity index (χ1v) is 9.23. The molecule has 1 heterocycles. The minimum Gasteiger partial charge on any atom is -0.467 e. The van der Waals surface area contributed by atoms with E-state index in [0.717, 1.165) is 12.8 Å². The second-order valence-corrected chi connectivity index (χ2v) is 8.04. The number of rotatable bonds is 6. The van der Waals surface area contributed by atoms with Gasteiger partial charge in [-0.1, -0.05) is 30.5 Å². The molecular weight excluding hydrogens is 356 g/mol. The maximum absolute atomic E-state index is 12.3. The van der Waals surface area contributed by atoms with Crippen LogP contribution in [0.1, 0.15) is 47.4 Å². The van der Waals surface area contributed by atoms with E-state index in [1.54, 1.807) is 6.07 Å². The Labute approximate surface area is 159 Å². The second-order valence-electron chi connectivity index (χ2n) is 6.49. The topological polar surface area (TPSA) is 68.3 Å². The van der Waals surface area contributed by atoms with Crippen LogP contribution in [-0.4, -0.2) is 17.2 Å². The van der Waals surface area contributed by atoms with Gasteiger partial charge in [0, 0.05) is 16.2 Å². The third-order valence-corrected chi connectivity index (χ3v) is 6.05. The summed E-state index contributed by atoms with van der Waals surface area (Å²) in [5.41, 5.74) is 7.34. The summed E-state index contributed by atoms with van der Waals surface area (Å²) in [5.74, 6) is 0.541. The smallest absolute Gasteiger partial charge is 0.254 e. The molecule has 6 heteroatoms. The molecule has 1 amide bonds. The van der Waals surface area contributed by atoms with E-state index >= 15 is 0 Å². The van der Waals surface area contributed by atoms with E-state index in [-0.39, 0.29) is 23.1 Å². The van der Waals surface area contributed by atoms with Crippen molar-refractivity contribution in [1.82, 2.24) is 5.32 Å². The van der Waals surface area contributed by atoms with Gasteiger partial charge in [-0.05, 0) is 38.0 Å². The van der Waals surface area contributed by atoms with Crippen molar-refractivity contribution in [2.24, 2.45) is 5.73 Å². The van der Waals surface area contributed by atoms with Crippen molar-refractivity contribution in [1.29, 1.82) is 0 Å². The average Bonchev–Trinajstić information content (AvgIpc) is 3.25. The molecule has 25 heavy (non-hydrogen) atoms. The van der Waals surface area contributed by atoms with Crippen LogP contribution in [0.15, 0.2) is 45.9 Å². The lowest BCUT2D eigenvalue weighted by molar-refractivity contribution is 0.0949. The van der Waals surface area contributed by atoms with Crippen LogP contribution in [0.25, 0.3) is 0 Å². The highest BCUT2D eigenvalue weighted by molar-refractivity contribution is 8.00. The monoisotopic (exact) mass is 380 g/mol. The normalized spacial score (nSPS) is 15.6. The van der Waals surface area contributed by atoms with E-state index < -0.39 is 0 Å². The van der Waals surface area contributed by atoms with Gasteiger partial charge in [0.15, 0.2) is 0 Å². The highest BCUT2D eigenvalue weighted by Gasteiger charge is 2.35. The summed E-state index contributed by atoms with van der Waals surface area (Å²) < 4.78 is 5.34. The standard InChI is InChI=1S/C19H24N2O2S.ClH/c1-14-4-6-17(7-5-14)24-19(8-2-3-9-19)13-21-18(22)15-10-16(11-20)23-12-15;/h4-7,10,12H,2-3,8-9,11,13,20H2,1H3,(H,21,22);1H. The molecule has 1 fully saturated rings. The minimum absolute atomic E-state index is 0. The van der Waals surface area contributed by atoms with Crippen LogP contribution >= 0.6 is 24.2 Å². The van der Waals surface area contributed by atoms with Gasteiger partial charge in [0.1, 0.15) is 12.0 Å². The molecule has 0 atom stereocenters. The van der Waals surface area contributed by atoms with Gasteiger partial charge >= 0.3 is 0 Å². The minimum atomic E-state index is -0.0887. The van der Waals surface area contributed by atoms with E-state index in [2.05, 4.69) is 36.5 Å². The van der Waals surface area contributed by atoms with Gasteiger partial charge in [-0.15, -0.1) is 24.2 Å². The fourth-order valence-electron chi connectivity index (χ4n) is 3.14. The van der Waals surface area contributed by atoms with Gasteiger partial charge in [-0.2, -0.15) is 0 Å². The number of thioether (sulfide) groups is 1. The van der Waals surface area contributed by atoms with Crippen LogP contribution in [0.3, 0.4) is 0 Å². The summed E-state index contributed by atoms with van der Waals surface area (Å²) in [5, 5.41) is 3.09. The van der Waals surface area contributed by atoms with Gasteiger partial charge in [0.2, 0.25) is 0 Å². The van der Waals surface area contributed by atoms with E-state index in [1.807, 2.05) is 11.8 Å². The van der Waals surface area contributed by atoms with Crippen LogP contribution in [0.4, 0.5) is 0 Å². The predicted molar refractivity (Wildman–Crippen MR) is 104 cm³/mol. The Kier molecular flexibility index (Phi) is 6.99. The quantitative estimate of drug-likeness (QED) is 0.783. The number of hydrogen-bond acceptors (Lipinski definition) is 4. The molecule has 3 N–H and O–H groups in total. The largest absolute Gasteiger partial charge is 0.467 e. The Morgan fingerprint density at radius 2 is 1.96 bits per heavy atom. The molecule has 1 aromatic heterocycles. The lowest BCUT2D eigenvalue weighted by Crippen LogP contribution is -2.38. The molecular formula is C19H25ClN2O2S. The Balaban J connectivity index is 0.00000225. The highest BCUT2D eigenvalue weighted by atomic mass is 35.5. The van der Waals surface area contributed by atoms with Crippen LogP contribution in [-0.2, 0) is 6.54 Å². The summed E-state index contributed by atoms with van der Waals surface area (Å²) >= 11 is 1.90. The summed E-state index contributed by atoms with van der Waals surface area (Å²) in [4.78, 5) is 13.6. The zero-order valence-electron chi connectivity index (χ0n) is 14.4. The number of carbonyl (C=O) groups is 1. The molecule has 136 valence electrons. The fourth-order valence-corrected chi connectivity index (χ4v) is 4.55. The molecule has 0 unspecified atom stereocenters. The molecule has 2 aromatic rings. The van der Waals surface area contributed by atoms with Crippen molar-refractivity contribution in [3.8, 4) is 0 Å². The Bertz CT molecular complexity index is 694. The molecule has 1 aliphatic carbocycles. The van der Waals surface area contributed by atoms with E-state index in [4.69, 9.17) is 10.2 Å². The lowest BCUT2D eigenvalue weighted by Gasteiger charge is -2.28. The number of benzene rings is 1. The number of nitrogens with two attached hydrogens (primary N) is 1. The fraction of sp³-hybridized carbons (Fsp3) is 0.421. The Morgan fingerprint density at radius 3 is 2.56 bits per heavy atom. The number of nitrogens with one attached hydrogen (secondary N) is 1.